The van der Waals surface area contributed by atoms with Crippen LogP contribution in [-0.2, 0) is 7.05 Å². The molecule has 0 spiro atoms. The molecule has 0 aliphatic heterocycles. The first kappa shape index (κ1) is 9.56. The molecule has 1 unspecified atom stereocenters. The monoisotopic (exact) mass is 209 g/mol. The number of alkyl halides is 1. The molecule has 0 fully saturated rings. The molecule has 0 radical (unpaired) electrons. The van der Waals surface area contributed by atoms with Crippen LogP contribution >= 0.6 is 11.6 Å². The summed E-state index contributed by atoms with van der Waals surface area (Å²) in [6, 6.07) is 7.93. The highest BCUT2D eigenvalue weighted by molar-refractivity contribution is 6.18. The Balaban J connectivity index is 2.54. The molecule has 2 rings (SSSR count). The van der Waals surface area contributed by atoms with Gasteiger partial charge in [-0.15, -0.1) is 11.6 Å². The van der Waals surface area contributed by atoms with Crippen molar-refractivity contribution in [2.45, 2.75) is 6.10 Å². The topological polar surface area (TPSA) is 25.2 Å². The van der Waals surface area contributed by atoms with Crippen LogP contribution in [0.25, 0.3) is 10.9 Å². The quantitative estimate of drug-likeness (QED) is 0.756. The van der Waals surface area contributed by atoms with Crippen LogP contribution in [0.2, 0.25) is 0 Å². The first-order valence-electron chi connectivity index (χ1n) is 4.51. The minimum absolute atomic E-state index is 0.232. The van der Waals surface area contributed by atoms with E-state index in [4.69, 9.17) is 11.6 Å². The van der Waals surface area contributed by atoms with Gasteiger partial charge in [-0.2, -0.15) is 0 Å². The lowest BCUT2D eigenvalue weighted by atomic mass is 10.1. The van der Waals surface area contributed by atoms with Gasteiger partial charge in [0.05, 0.1) is 12.0 Å². The molecule has 1 heterocycles. The fourth-order valence-electron chi connectivity index (χ4n) is 1.58. The van der Waals surface area contributed by atoms with Crippen LogP contribution in [0, 0.1) is 0 Å². The summed E-state index contributed by atoms with van der Waals surface area (Å²) in [5.74, 6) is 0.232. The molecule has 1 N–H and O–H groups in total. The highest BCUT2D eigenvalue weighted by Crippen LogP contribution is 2.21. The Morgan fingerprint density at radius 1 is 1.43 bits per heavy atom. The summed E-state index contributed by atoms with van der Waals surface area (Å²) in [5, 5.41) is 10.8. The van der Waals surface area contributed by atoms with Gasteiger partial charge in [0.1, 0.15) is 0 Å². The summed E-state index contributed by atoms with van der Waals surface area (Å²) in [6.07, 6.45) is 1.43. The Hall–Kier alpha value is -0.990. The molecule has 2 nitrogen and oxygen atoms in total. The maximum absolute atomic E-state index is 9.58. The van der Waals surface area contributed by atoms with Gasteiger partial charge in [0.25, 0.3) is 0 Å². The molecule has 3 heteroatoms. The smallest absolute Gasteiger partial charge is 0.0926 e. The van der Waals surface area contributed by atoms with Crippen molar-refractivity contribution in [3.05, 3.63) is 36.0 Å². The van der Waals surface area contributed by atoms with Crippen molar-refractivity contribution in [3.8, 4) is 0 Å². The lowest BCUT2D eigenvalue weighted by Crippen LogP contribution is -1.98. The summed E-state index contributed by atoms with van der Waals surface area (Å²) in [5.41, 5.74) is 1.99. The number of aliphatic hydroxyl groups is 1. The molecular formula is C11H12ClNO. The Bertz CT molecular complexity index is 449. The van der Waals surface area contributed by atoms with Crippen molar-refractivity contribution < 1.29 is 5.11 Å². The van der Waals surface area contributed by atoms with E-state index in [9.17, 15) is 5.11 Å². The fourth-order valence-corrected chi connectivity index (χ4v) is 1.75. The van der Waals surface area contributed by atoms with Gasteiger partial charge in [-0.05, 0) is 23.1 Å². The lowest BCUT2D eigenvalue weighted by molar-refractivity contribution is 0.203. The molecular weight excluding hydrogens is 198 g/mol. The van der Waals surface area contributed by atoms with Gasteiger partial charge in [-0.25, -0.2) is 0 Å². The zero-order valence-corrected chi connectivity index (χ0v) is 8.70. The van der Waals surface area contributed by atoms with Crippen LogP contribution in [0.15, 0.2) is 30.5 Å². The van der Waals surface area contributed by atoms with E-state index in [1.165, 1.54) is 5.39 Å². The van der Waals surface area contributed by atoms with Crippen molar-refractivity contribution in [1.82, 2.24) is 4.57 Å². The van der Waals surface area contributed by atoms with E-state index in [-0.39, 0.29) is 5.88 Å². The van der Waals surface area contributed by atoms with Crippen molar-refractivity contribution in [2.75, 3.05) is 5.88 Å². The number of fused-ring (bicyclic) bond motifs is 1. The normalized spacial score (nSPS) is 13.4. The molecule has 0 bridgehead atoms. The van der Waals surface area contributed by atoms with Gasteiger partial charge in [0.15, 0.2) is 0 Å². The van der Waals surface area contributed by atoms with E-state index in [0.29, 0.717) is 0 Å². The van der Waals surface area contributed by atoms with Gasteiger partial charge in [0.2, 0.25) is 0 Å². The second-order valence-electron chi connectivity index (χ2n) is 3.41. The summed E-state index contributed by atoms with van der Waals surface area (Å²) >= 11 is 5.59. The predicted octanol–water partition coefficient (Wildman–Crippen LogP) is 2.45. The zero-order chi connectivity index (χ0) is 10.1. The van der Waals surface area contributed by atoms with Crippen LogP contribution < -0.4 is 0 Å². The molecule has 0 saturated carbocycles. The molecule has 1 atom stereocenters. The molecule has 14 heavy (non-hydrogen) atoms. The number of rotatable bonds is 2. The summed E-state index contributed by atoms with van der Waals surface area (Å²) in [6.45, 7) is 0. The molecule has 1 aromatic heterocycles. The minimum atomic E-state index is -0.573. The van der Waals surface area contributed by atoms with Crippen LogP contribution in [0.4, 0.5) is 0 Å². The predicted molar refractivity (Wildman–Crippen MR) is 58.6 cm³/mol. The maximum atomic E-state index is 9.58. The van der Waals surface area contributed by atoms with Gasteiger partial charge in [0, 0.05) is 18.8 Å². The third kappa shape index (κ3) is 1.51. The SMILES string of the molecule is Cn1ccc2ccc(C(O)CCl)cc21. The number of nitrogens with zero attached hydrogens (tertiary/aromatic N) is 1. The van der Waals surface area contributed by atoms with Gasteiger partial charge in [-0.1, -0.05) is 12.1 Å². The molecule has 1 aromatic carbocycles. The number of aliphatic hydroxyl groups excluding tert-OH is 1. The van der Waals surface area contributed by atoms with E-state index in [0.717, 1.165) is 11.1 Å². The first-order valence-corrected chi connectivity index (χ1v) is 5.05. The summed E-state index contributed by atoms with van der Waals surface area (Å²) in [7, 11) is 1.99. The Labute approximate surface area is 87.7 Å². The van der Waals surface area contributed by atoms with Crippen LogP contribution in [-0.4, -0.2) is 15.6 Å². The first-order chi connectivity index (χ1) is 6.72. The number of hydrogen-bond acceptors (Lipinski definition) is 1. The molecule has 0 amide bonds. The standard InChI is InChI=1S/C11H12ClNO/c1-13-5-4-8-2-3-9(6-10(8)13)11(14)7-12/h2-6,11,14H,7H2,1H3. The van der Waals surface area contributed by atoms with Gasteiger partial charge < -0.3 is 9.67 Å². The van der Waals surface area contributed by atoms with E-state index in [2.05, 4.69) is 0 Å². The minimum Gasteiger partial charge on any atom is -0.387 e. The van der Waals surface area contributed by atoms with Crippen molar-refractivity contribution in [3.63, 3.8) is 0 Å². The molecule has 0 saturated heterocycles. The third-order valence-electron chi connectivity index (χ3n) is 2.44. The van der Waals surface area contributed by atoms with E-state index in [1.54, 1.807) is 0 Å². The number of hydrogen-bond donors (Lipinski definition) is 1. The fraction of sp³-hybridized carbons (Fsp3) is 0.273. The zero-order valence-electron chi connectivity index (χ0n) is 7.94. The van der Waals surface area contributed by atoms with Crippen molar-refractivity contribution >= 4 is 22.5 Å². The summed E-state index contributed by atoms with van der Waals surface area (Å²) < 4.78 is 2.03. The Morgan fingerprint density at radius 3 is 2.93 bits per heavy atom. The van der Waals surface area contributed by atoms with E-state index in [1.807, 2.05) is 42.1 Å². The maximum Gasteiger partial charge on any atom is 0.0926 e. The number of aromatic nitrogens is 1. The van der Waals surface area contributed by atoms with Gasteiger partial charge in [-0.3, -0.25) is 0 Å². The number of halogens is 1. The van der Waals surface area contributed by atoms with Crippen molar-refractivity contribution in [1.29, 1.82) is 0 Å². The Kier molecular flexibility index (Phi) is 2.48. The molecule has 2 aromatic rings. The molecule has 0 aliphatic rings. The van der Waals surface area contributed by atoms with Gasteiger partial charge >= 0.3 is 0 Å². The number of aryl methyl sites for hydroxylation is 1. The van der Waals surface area contributed by atoms with E-state index < -0.39 is 6.10 Å². The summed E-state index contributed by atoms with van der Waals surface area (Å²) in [4.78, 5) is 0. The lowest BCUT2D eigenvalue weighted by Gasteiger charge is -2.07. The highest BCUT2D eigenvalue weighted by Gasteiger charge is 2.07. The van der Waals surface area contributed by atoms with Crippen LogP contribution in [0.5, 0.6) is 0 Å². The van der Waals surface area contributed by atoms with Crippen molar-refractivity contribution in [2.24, 2.45) is 7.05 Å². The molecule has 0 aliphatic carbocycles. The second kappa shape index (κ2) is 3.64. The highest BCUT2D eigenvalue weighted by atomic mass is 35.5. The average molecular weight is 210 g/mol. The molecule has 74 valence electrons. The largest absolute Gasteiger partial charge is 0.387 e. The number of benzene rings is 1. The van der Waals surface area contributed by atoms with Crippen LogP contribution in [0.1, 0.15) is 11.7 Å². The van der Waals surface area contributed by atoms with Crippen LogP contribution in [0.3, 0.4) is 0 Å². The second-order valence-corrected chi connectivity index (χ2v) is 3.72. The Morgan fingerprint density at radius 2 is 2.21 bits per heavy atom. The average Bonchev–Trinajstić information content (AvgIpc) is 2.59. The third-order valence-corrected chi connectivity index (χ3v) is 2.74. The van der Waals surface area contributed by atoms with E-state index >= 15 is 0 Å².